The summed E-state index contributed by atoms with van der Waals surface area (Å²) in [7, 11) is 0. The molecule has 0 amide bonds. The van der Waals surface area contributed by atoms with Crippen LogP contribution in [0.5, 0.6) is 0 Å². The molecule has 1 aliphatic rings. The number of nitrogens with zero attached hydrogens (tertiary/aromatic N) is 3. The van der Waals surface area contributed by atoms with Crippen LogP contribution in [0.4, 0.5) is 5.69 Å². The summed E-state index contributed by atoms with van der Waals surface area (Å²) in [5.41, 5.74) is 8.97. The minimum atomic E-state index is 0.778. The standard InChI is InChI=1S/C32H29N3O/c1-24-12-16-29(17-13-24)35-31(26-10-6-3-7-11-26)30(25-8-4-2-5-9-25)33-32(35)27-14-18-28(19-15-27)34-20-22-36-23-21-34/h2-19H,20-23H2,1H3. The van der Waals surface area contributed by atoms with Gasteiger partial charge in [0.2, 0.25) is 0 Å². The first-order chi connectivity index (χ1) is 17.8. The van der Waals surface area contributed by atoms with Gasteiger partial charge in [-0.05, 0) is 43.3 Å². The zero-order valence-electron chi connectivity index (χ0n) is 20.5. The van der Waals surface area contributed by atoms with Gasteiger partial charge in [0.15, 0.2) is 0 Å². The molecular weight excluding hydrogens is 442 g/mol. The number of imidazole rings is 1. The number of anilines is 1. The van der Waals surface area contributed by atoms with Crippen LogP contribution in [0.25, 0.3) is 39.6 Å². The van der Waals surface area contributed by atoms with Crippen molar-refractivity contribution in [3.05, 3.63) is 115 Å². The van der Waals surface area contributed by atoms with E-state index in [2.05, 4.69) is 120 Å². The number of aryl methyl sites for hydroxylation is 1. The molecule has 6 rings (SSSR count). The molecular formula is C32H29N3O. The molecule has 0 bridgehead atoms. The maximum Gasteiger partial charge on any atom is 0.145 e. The largest absolute Gasteiger partial charge is 0.378 e. The lowest BCUT2D eigenvalue weighted by molar-refractivity contribution is 0.122. The van der Waals surface area contributed by atoms with Crippen LogP contribution < -0.4 is 4.90 Å². The molecule has 0 saturated carbocycles. The Morgan fingerprint density at radius 2 is 1.19 bits per heavy atom. The fraction of sp³-hybridized carbons (Fsp3) is 0.156. The highest BCUT2D eigenvalue weighted by Gasteiger charge is 2.22. The van der Waals surface area contributed by atoms with Crippen molar-refractivity contribution in [2.45, 2.75) is 6.92 Å². The smallest absolute Gasteiger partial charge is 0.145 e. The van der Waals surface area contributed by atoms with Crippen LogP contribution in [0, 0.1) is 6.92 Å². The number of morpholine rings is 1. The first kappa shape index (κ1) is 22.3. The second-order valence-electron chi connectivity index (χ2n) is 9.18. The van der Waals surface area contributed by atoms with Crippen LogP contribution in [0.1, 0.15) is 5.56 Å². The van der Waals surface area contributed by atoms with Crippen molar-refractivity contribution < 1.29 is 4.74 Å². The van der Waals surface area contributed by atoms with E-state index in [0.29, 0.717) is 0 Å². The summed E-state index contributed by atoms with van der Waals surface area (Å²) in [6, 6.07) is 38.6. The number of benzene rings is 4. The number of hydrogen-bond acceptors (Lipinski definition) is 3. The van der Waals surface area contributed by atoms with Gasteiger partial charge in [0.1, 0.15) is 5.82 Å². The van der Waals surface area contributed by atoms with Gasteiger partial charge in [-0.25, -0.2) is 4.98 Å². The zero-order valence-corrected chi connectivity index (χ0v) is 20.5. The molecule has 36 heavy (non-hydrogen) atoms. The van der Waals surface area contributed by atoms with Gasteiger partial charge in [-0.15, -0.1) is 0 Å². The third-order valence-electron chi connectivity index (χ3n) is 6.77. The summed E-state index contributed by atoms with van der Waals surface area (Å²) in [4.78, 5) is 7.68. The average molecular weight is 472 g/mol. The van der Waals surface area contributed by atoms with E-state index in [0.717, 1.165) is 65.9 Å². The van der Waals surface area contributed by atoms with E-state index in [1.165, 1.54) is 11.3 Å². The molecule has 4 heteroatoms. The van der Waals surface area contributed by atoms with E-state index >= 15 is 0 Å². The number of ether oxygens (including phenoxy) is 1. The first-order valence-corrected chi connectivity index (χ1v) is 12.5. The van der Waals surface area contributed by atoms with E-state index in [9.17, 15) is 0 Å². The van der Waals surface area contributed by atoms with Crippen molar-refractivity contribution in [2.75, 3.05) is 31.2 Å². The molecule has 1 aliphatic heterocycles. The summed E-state index contributed by atoms with van der Waals surface area (Å²) >= 11 is 0. The van der Waals surface area contributed by atoms with Gasteiger partial charge in [-0.3, -0.25) is 4.57 Å². The van der Waals surface area contributed by atoms with Crippen LogP contribution in [0.2, 0.25) is 0 Å². The molecule has 4 aromatic carbocycles. The predicted octanol–water partition coefficient (Wildman–Crippen LogP) is 7.02. The Morgan fingerprint density at radius 3 is 1.83 bits per heavy atom. The normalized spacial score (nSPS) is 13.6. The zero-order chi connectivity index (χ0) is 24.3. The monoisotopic (exact) mass is 471 g/mol. The molecule has 178 valence electrons. The third-order valence-corrected chi connectivity index (χ3v) is 6.77. The molecule has 0 N–H and O–H groups in total. The van der Waals surface area contributed by atoms with Gasteiger partial charge >= 0.3 is 0 Å². The lowest BCUT2D eigenvalue weighted by atomic mass is 10.0. The first-order valence-electron chi connectivity index (χ1n) is 12.5. The van der Waals surface area contributed by atoms with Crippen molar-refractivity contribution in [3.63, 3.8) is 0 Å². The van der Waals surface area contributed by atoms with Gasteiger partial charge in [0.05, 0.1) is 24.6 Å². The minimum Gasteiger partial charge on any atom is -0.378 e. The highest BCUT2D eigenvalue weighted by Crippen LogP contribution is 2.38. The Morgan fingerprint density at radius 1 is 0.611 bits per heavy atom. The third kappa shape index (κ3) is 4.32. The molecule has 2 heterocycles. The Balaban J connectivity index is 1.56. The number of rotatable bonds is 5. The SMILES string of the molecule is Cc1ccc(-n2c(-c3ccc(N4CCOCC4)cc3)nc(-c3ccccc3)c2-c2ccccc2)cc1. The summed E-state index contributed by atoms with van der Waals surface area (Å²) in [5, 5.41) is 0. The second-order valence-corrected chi connectivity index (χ2v) is 9.18. The van der Waals surface area contributed by atoms with Crippen LogP contribution in [-0.2, 0) is 4.74 Å². The average Bonchev–Trinajstić information content (AvgIpc) is 3.36. The van der Waals surface area contributed by atoms with Crippen LogP contribution >= 0.6 is 0 Å². The number of hydrogen-bond donors (Lipinski definition) is 0. The van der Waals surface area contributed by atoms with Crippen molar-refractivity contribution in [2.24, 2.45) is 0 Å². The molecule has 1 saturated heterocycles. The van der Waals surface area contributed by atoms with Gasteiger partial charge in [-0.2, -0.15) is 0 Å². The molecule has 1 fully saturated rings. The van der Waals surface area contributed by atoms with Gasteiger partial charge in [0.25, 0.3) is 0 Å². The lowest BCUT2D eigenvalue weighted by Crippen LogP contribution is -2.36. The Kier molecular flexibility index (Phi) is 6.10. The Bertz CT molecular complexity index is 1430. The topological polar surface area (TPSA) is 30.3 Å². The molecule has 0 spiro atoms. The Hall–Kier alpha value is -4.15. The second kappa shape index (κ2) is 9.84. The summed E-state index contributed by atoms with van der Waals surface area (Å²) < 4.78 is 7.84. The summed E-state index contributed by atoms with van der Waals surface area (Å²) in [6.45, 7) is 5.53. The van der Waals surface area contributed by atoms with Crippen molar-refractivity contribution in [3.8, 4) is 39.6 Å². The fourth-order valence-electron chi connectivity index (χ4n) is 4.86. The van der Waals surface area contributed by atoms with E-state index in [-0.39, 0.29) is 0 Å². The molecule has 0 radical (unpaired) electrons. The van der Waals surface area contributed by atoms with Crippen LogP contribution in [0.15, 0.2) is 109 Å². The maximum atomic E-state index is 5.53. The lowest BCUT2D eigenvalue weighted by Gasteiger charge is -2.28. The van der Waals surface area contributed by atoms with E-state index in [4.69, 9.17) is 9.72 Å². The number of aromatic nitrogens is 2. The Labute approximate surface area is 212 Å². The summed E-state index contributed by atoms with van der Waals surface area (Å²) in [6.07, 6.45) is 0. The van der Waals surface area contributed by atoms with E-state index in [1.807, 2.05) is 6.07 Å². The highest BCUT2D eigenvalue weighted by molar-refractivity contribution is 5.84. The van der Waals surface area contributed by atoms with Gasteiger partial charge < -0.3 is 9.64 Å². The quantitative estimate of drug-likeness (QED) is 0.276. The molecule has 0 unspecified atom stereocenters. The molecule has 4 nitrogen and oxygen atoms in total. The molecule has 1 aromatic heterocycles. The minimum absolute atomic E-state index is 0.778. The maximum absolute atomic E-state index is 5.53. The van der Waals surface area contributed by atoms with E-state index < -0.39 is 0 Å². The highest BCUT2D eigenvalue weighted by atomic mass is 16.5. The fourth-order valence-corrected chi connectivity index (χ4v) is 4.86. The van der Waals surface area contributed by atoms with Crippen LogP contribution in [0.3, 0.4) is 0 Å². The summed E-state index contributed by atoms with van der Waals surface area (Å²) in [5.74, 6) is 0.935. The van der Waals surface area contributed by atoms with Crippen molar-refractivity contribution >= 4 is 5.69 Å². The van der Waals surface area contributed by atoms with Crippen molar-refractivity contribution in [1.29, 1.82) is 0 Å². The van der Waals surface area contributed by atoms with E-state index in [1.54, 1.807) is 0 Å². The molecule has 0 aliphatic carbocycles. The van der Waals surface area contributed by atoms with Crippen molar-refractivity contribution in [1.82, 2.24) is 9.55 Å². The predicted molar refractivity (Wildman–Crippen MR) is 148 cm³/mol. The molecule has 0 atom stereocenters. The molecule has 5 aromatic rings. The van der Waals surface area contributed by atoms with Gasteiger partial charge in [0, 0.05) is 41.2 Å². The van der Waals surface area contributed by atoms with Crippen LogP contribution in [-0.4, -0.2) is 35.9 Å². The van der Waals surface area contributed by atoms with Gasteiger partial charge in [-0.1, -0.05) is 78.4 Å².